The van der Waals surface area contributed by atoms with E-state index in [1.54, 1.807) is 11.9 Å². The first-order valence-electron chi connectivity index (χ1n) is 6.51. The van der Waals surface area contributed by atoms with Crippen molar-refractivity contribution in [2.75, 3.05) is 13.6 Å². The molecule has 0 aromatic heterocycles. The summed E-state index contributed by atoms with van der Waals surface area (Å²) in [6.45, 7) is 10.0. The molecule has 0 rings (SSSR count). The third-order valence-corrected chi connectivity index (χ3v) is 2.41. The Bertz CT molecular complexity index is 230. The van der Waals surface area contributed by atoms with Crippen LogP contribution in [0.25, 0.3) is 0 Å². The number of carbonyl (C=O) groups is 2. The summed E-state index contributed by atoms with van der Waals surface area (Å²) in [6.07, 6.45) is 7.00. The number of rotatable bonds is 8. The molecule has 0 aliphatic heterocycles. The van der Waals surface area contributed by atoms with Crippen molar-refractivity contribution in [3.8, 4) is 0 Å². The number of hydrogen-bond donors (Lipinski definition) is 1. The van der Waals surface area contributed by atoms with Gasteiger partial charge < -0.3 is 10.2 Å². The molecule has 0 heterocycles. The summed E-state index contributed by atoms with van der Waals surface area (Å²) in [5, 5.41) is 2.75. The zero-order valence-electron chi connectivity index (χ0n) is 12.2. The highest BCUT2D eigenvalue weighted by Gasteiger charge is 1.96. The summed E-state index contributed by atoms with van der Waals surface area (Å²) in [4.78, 5) is 22.0. The van der Waals surface area contributed by atoms with Crippen LogP contribution in [-0.2, 0) is 9.59 Å². The average molecular weight is 256 g/mol. The summed E-state index contributed by atoms with van der Waals surface area (Å²) >= 11 is 0. The highest BCUT2D eigenvalue weighted by Crippen LogP contribution is 1.95. The Hall–Kier alpha value is -1.32. The van der Waals surface area contributed by atoms with Crippen molar-refractivity contribution >= 4 is 12.3 Å². The summed E-state index contributed by atoms with van der Waals surface area (Å²) in [7, 11) is 1.79. The van der Waals surface area contributed by atoms with Crippen molar-refractivity contribution in [3.63, 3.8) is 0 Å². The Labute approximate surface area is 111 Å². The van der Waals surface area contributed by atoms with E-state index >= 15 is 0 Å². The summed E-state index contributed by atoms with van der Waals surface area (Å²) in [5.74, 6) is 0.0550. The van der Waals surface area contributed by atoms with Gasteiger partial charge in [0, 0.05) is 26.6 Å². The molecule has 0 aliphatic rings. The van der Waals surface area contributed by atoms with Crippen LogP contribution in [0, 0.1) is 0 Å². The van der Waals surface area contributed by atoms with Crippen molar-refractivity contribution in [1.82, 2.24) is 10.2 Å². The van der Waals surface area contributed by atoms with Crippen LogP contribution in [-0.4, -0.2) is 36.9 Å². The molecule has 1 atom stereocenters. The van der Waals surface area contributed by atoms with E-state index < -0.39 is 0 Å². The minimum Gasteiger partial charge on any atom is -0.354 e. The van der Waals surface area contributed by atoms with E-state index in [1.807, 2.05) is 19.9 Å². The molecule has 0 fully saturated rings. The lowest BCUT2D eigenvalue weighted by Crippen LogP contribution is -2.29. The second-order valence-corrected chi connectivity index (χ2v) is 4.38. The second-order valence-electron chi connectivity index (χ2n) is 4.38. The van der Waals surface area contributed by atoms with Crippen molar-refractivity contribution < 1.29 is 9.59 Å². The molecule has 106 valence electrons. The average Bonchev–Trinajstić information content (AvgIpc) is 2.34. The fourth-order valence-corrected chi connectivity index (χ4v) is 1.15. The van der Waals surface area contributed by atoms with Gasteiger partial charge in [-0.3, -0.25) is 9.59 Å². The number of hydrogen-bond acceptors (Lipinski definition) is 2. The van der Waals surface area contributed by atoms with Gasteiger partial charge in [0.25, 0.3) is 0 Å². The quantitative estimate of drug-likeness (QED) is 0.412. The molecule has 0 aromatic carbocycles. The maximum atomic E-state index is 10.3. The number of unbranched alkanes of at least 4 members (excludes halogenated alkanes) is 2. The molecule has 18 heavy (non-hydrogen) atoms. The lowest BCUT2D eigenvalue weighted by atomic mass is 10.2. The topological polar surface area (TPSA) is 49.4 Å². The van der Waals surface area contributed by atoms with Gasteiger partial charge in [-0.2, -0.15) is 0 Å². The number of nitrogens with zero attached hydrogens (tertiary/aromatic N) is 1. The van der Waals surface area contributed by atoms with Crippen molar-refractivity contribution in [3.05, 3.63) is 12.7 Å². The van der Waals surface area contributed by atoms with Gasteiger partial charge in [-0.25, -0.2) is 0 Å². The van der Waals surface area contributed by atoms with Gasteiger partial charge in [-0.1, -0.05) is 13.0 Å². The zero-order valence-corrected chi connectivity index (χ0v) is 12.2. The van der Waals surface area contributed by atoms with Crippen molar-refractivity contribution in [2.24, 2.45) is 0 Å². The smallest absolute Gasteiger partial charge is 0.217 e. The zero-order chi connectivity index (χ0) is 14.4. The first-order chi connectivity index (χ1) is 8.47. The molecule has 0 radical (unpaired) electrons. The maximum absolute atomic E-state index is 10.3. The van der Waals surface area contributed by atoms with Crippen LogP contribution < -0.4 is 5.32 Å². The molecule has 0 aromatic rings. The third-order valence-electron chi connectivity index (χ3n) is 2.41. The normalized spacial score (nSPS) is 10.7. The van der Waals surface area contributed by atoms with E-state index in [0.717, 1.165) is 38.6 Å². The van der Waals surface area contributed by atoms with Crippen LogP contribution in [0.1, 0.15) is 46.5 Å². The van der Waals surface area contributed by atoms with Crippen LogP contribution in [0.5, 0.6) is 0 Å². The third kappa shape index (κ3) is 17.1. The fraction of sp³-hybridized carbons (Fsp3) is 0.714. The molecule has 0 spiro atoms. The Kier molecular flexibility index (Phi) is 14.5. The van der Waals surface area contributed by atoms with Gasteiger partial charge >= 0.3 is 0 Å². The van der Waals surface area contributed by atoms with Crippen LogP contribution in [0.4, 0.5) is 0 Å². The minimum absolute atomic E-state index is 0.0550. The maximum Gasteiger partial charge on any atom is 0.217 e. The molecule has 0 unspecified atom stereocenters. The molecule has 4 nitrogen and oxygen atoms in total. The number of amides is 2. The van der Waals surface area contributed by atoms with Gasteiger partial charge in [0.1, 0.15) is 0 Å². The molecule has 2 amide bonds. The SMILES string of the molecule is C=CCCCCN(C)C=O.CC[C@H](C)NC(C)=O. The lowest BCUT2D eigenvalue weighted by molar-refractivity contribution is -0.119. The Balaban J connectivity index is 0. The Morgan fingerprint density at radius 3 is 2.39 bits per heavy atom. The Morgan fingerprint density at radius 1 is 1.44 bits per heavy atom. The first-order valence-corrected chi connectivity index (χ1v) is 6.51. The van der Waals surface area contributed by atoms with E-state index in [2.05, 4.69) is 11.9 Å². The highest BCUT2D eigenvalue weighted by molar-refractivity contribution is 5.73. The lowest BCUT2D eigenvalue weighted by Gasteiger charge is -2.08. The van der Waals surface area contributed by atoms with Crippen LogP contribution >= 0.6 is 0 Å². The molecule has 0 saturated heterocycles. The monoisotopic (exact) mass is 256 g/mol. The van der Waals surface area contributed by atoms with Crippen molar-refractivity contribution in [2.45, 2.75) is 52.5 Å². The van der Waals surface area contributed by atoms with E-state index in [4.69, 9.17) is 0 Å². The summed E-state index contributed by atoms with van der Waals surface area (Å²) in [6, 6.07) is 0.326. The molecule has 1 N–H and O–H groups in total. The molecule has 4 heteroatoms. The van der Waals surface area contributed by atoms with Crippen LogP contribution in [0.3, 0.4) is 0 Å². The molecule has 0 bridgehead atoms. The van der Waals surface area contributed by atoms with Crippen molar-refractivity contribution in [1.29, 1.82) is 0 Å². The van der Waals surface area contributed by atoms with Gasteiger partial charge in [-0.15, -0.1) is 6.58 Å². The van der Waals surface area contributed by atoms with Gasteiger partial charge in [-0.05, 0) is 32.6 Å². The van der Waals surface area contributed by atoms with Gasteiger partial charge in [0.15, 0.2) is 0 Å². The predicted molar refractivity (Wildman–Crippen MR) is 76.3 cm³/mol. The highest BCUT2D eigenvalue weighted by atomic mass is 16.1. The van der Waals surface area contributed by atoms with Crippen LogP contribution in [0.15, 0.2) is 12.7 Å². The molecule has 0 aliphatic carbocycles. The van der Waals surface area contributed by atoms with Gasteiger partial charge in [0.2, 0.25) is 12.3 Å². The molecule has 0 saturated carbocycles. The number of carbonyl (C=O) groups excluding carboxylic acids is 2. The Morgan fingerprint density at radius 2 is 2.06 bits per heavy atom. The minimum atomic E-state index is 0.0550. The van der Waals surface area contributed by atoms with E-state index in [1.165, 1.54) is 6.92 Å². The summed E-state index contributed by atoms with van der Waals surface area (Å²) < 4.78 is 0. The summed E-state index contributed by atoms with van der Waals surface area (Å²) in [5.41, 5.74) is 0. The standard InChI is InChI=1S/C8H15NO.C6H13NO/c1-3-4-5-6-7-9(2)8-10;1-4-5(2)7-6(3)8/h3,8H,1,4-7H2,2H3;5H,4H2,1-3H3,(H,7,8)/t;5-/m.0/s1. The molecular weight excluding hydrogens is 228 g/mol. The number of allylic oxidation sites excluding steroid dienone is 1. The first kappa shape index (κ1) is 19.0. The molecular formula is C14H28N2O2. The fourth-order valence-electron chi connectivity index (χ4n) is 1.15. The number of nitrogens with one attached hydrogen (secondary N) is 1. The largest absolute Gasteiger partial charge is 0.354 e. The van der Waals surface area contributed by atoms with E-state index in [0.29, 0.717) is 6.04 Å². The second kappa shape index (κ2) is 13.7. The van der Waals surface area contributed by atoms with E-state index in [-0.39, 0.29) is 5.91 Å². The van der Waals surface area contributed by atoms with Crippen LogP contribution in [0.2, 0.25) is 0 Å². The predicted octanol–water partition coefficient (Wildman–Crippen LogP) is 2.35. The van der Waals surface area contributed by atoms with E-state index in [9.17, 15) is 9.59 Å². The van der Waals surface area contributed by atoms with Gasteiger partial charge in [0.05, 0.1) is 0 Å².